The van der Waals surface area contributed by atoms with Crippen LogP contribution in [0, 0.1) is 0 Å². The van der Waals surface area contributed by atoms with Gasteiger partial charge in [0.1, 0.15) is 0 Å². The predicted octanol–water partition coefficient (Wildman–Crippen LogP) is 2.38. The molecule has 0 aromatic carbocycles. The van der Waals surface area contributed by atoms with Crippen LogP contribution in [0.25, 0.3) is 0 Å². The molecule has 0 aliphatic rings. The van der Waals surface area contributed by atoms with Crippen molar-refractivity contribution in [2.75, 3.05) is 0 Å². The molecule has 4 nitrogen and oxygen atoms in total. The molecule has 0 fully saturated rings. The van der Waals surface area contributed by atoms with Crippen molar-refractivity contribution >= 4 is 11.9 Å². The van der Waals surface area contributed by atoms with Crippen LogP contribution in [0.15, 0.2) is 35.5 Å². The first kappa shape index (κ1) is 14.2. The molecule has 0 bridgehead atoms. The van der Waals surface area contributed by atoms with Crippen LogP contribution in [0.3, 0.4) is 0 Å². The van der Waals surface area contributed by atoms with Crippen LogP contribution in [0.2, 0.25) is 0 Å². The van der Waals surface area contributed by atoms with Crippen molar-refractivity contribution in [1.82, 2.24) is 0 Å². The number of carbonyl (C=O) groups is 2. The van der Waals surface area contributed by atoms with Crippen molar-refractivity contribution in [3.63, 3.8) is 0 Å². The average molecular weight is 224 g/mol. The van der Waals surface area contributed by atoms with Crippen molar-refractivity contribution in [3.05, 3.63) is 35.5 Å². The van der Waals surface area contributed by atoms with Gasteiger partial charge in [0.2, 0.25) is 0 Å². The second kappa shape index (κ2) is 5.90. The molecule has 0 heterocycles. The minimum absolute atomic E-state index is 0.0598. The van der Waals surface area contributed by atoms with Gasteiger partial charge in [0.25, 0.3) is 0 Å². The number of carboxylic acid groups (broad SMARTS) is 2. The Labute approximate surface area is 94.6 Å². The minimum Gasteiger partial charge on any atom is -0.478 e. The maximum atomic E-state index is 11.0. The van der Waals surface area contributed by atoms with E-state index in [9.17, 15) is 9.59 Å². The molecule has 0 aromatic rings. The lowest BCUT2D eigenvalue weighted by molar-refractivity contribution is -0.136. The molecule has 4 heteroatoms. The Morgan fingerprint density at radius 2 is 1.12 bits per heavy atom. The van der Waals surface area contributed by atoms with Gasteiger partial charge < -0.3 is 10.2 Å². The third kappa shape index (κ3) is 4.59. The van der Waals surface area contributed by atoms with E-state index >= 15 is 0 Å². The highest BCUT2D eigenvalue weighted by Gasteiger charge is 2.19. The zero-order chi connectivity index (χ0) is 12.9. The standard InChI is InChI=1S/C12H16O4/c1-7(2)5-9(11(13)14)10(12(15)16)6-8(3)4/h1,3,5-6H2,2,4H3,(H,13,14)(H,15,16). The summed E-state index contributed by atoms with van der Waals surface area (Å²) >= 11 is 0. The SMILES string of the molecule is C=C(C)CC(C(=O)O)=C(CC(=C)C)C(=O)O. The molecular formula is C12H16O4. The van der Waals surface area contributed by atoms with Gasteiger partial charge in [-0.3, -0.25) is 0 Å². The fourth-order valence-corrected chi connectivity index (χ4v) is 1.23. The van der Waals surface area contributed by atoms with E-state index in [1.54, 1.807) is 13.8 Å². The lowest BCUT2D eigenvalue weighted by atomic mass is 9.97. The lowest BCUT2D eigenvalue weighted by Crippen LogP contribution is -2.12. The highest BCUT2D eigenvalue weighted by atomic mass is 16.4. The van der Waals surface area contributed by atoms with Gasteiger partial charge in [-0.25, -0.2) is 9.59 Å². The Hall–Kier alpha value is -1.84. The number of carboxylic acids is 2. The van der Waals surface area contributed by atoms with Gasteiger partial charge in [0.15, 0.2) is 0 Å². The largest absolute Gasteiger partial charge is 0.478 e. The van der Waals surface area contributed by atoms with E-state index in [1.165, 1.54) is 0 Å². The van der Waals surface area contributed by atoms with Crippen LogP contribution < -0.4 is 0 Å². The molecule has 0 aliphatic carbocycles. The normalized spacial score (nSPS) is 11.6. The molecular weight excluding hydrogens is 208 g/mol. The quantitative estimate of drug-likeness (QED) is 0.536. The van der Waals surface area contributed by atoms with E-state index in [0.29, 0.717) is 11.1 Å². The second-order valence-electron chi connectivity index (χ2n) is 3.84. The monoisotopic (exact) mass is 224 g/mol. The maximum absolute atomic E-state index is 11.0. The third-order valence-electron chi connectivity index (χ3n) is 1.84. The fraction of sp³-hybridized carbons (Fsp3) is 0.333. The Balaban J connectivity index is 5.43. The van der Waals surface area contributed by atoms with E-state index in [1.807, 2.05) is 0 Å². The molecule has 0 aromatic heterocycles. The Morgan fingerprint density at radius 1 is 0.875 bits per heavy atom. The molecule has 16 heavy (non-hydrogen) atoms. The molecule has 2 N–H and O–H groups in total. The predicted molar refractivity (Wildman–Crippen MR) is 61.2 cm³/mol. The van der Waals surface area contributed by atoms with E-state index in [2.05, 4.69) is 13.2 Å². The highest BCUT2D eigenvalue weighted by molar-refractivity contribution is 5.99. The van der Waals surface area contributed by atoms with Gasteiger partial charge in [-0.15, -0.1) is 0 Å². The van der Waals surface area contributed by atoms with Crippen LogP contribution in [0.4, 0.5) is 0 Å². The zero-order valence-electron chi connectivity index (χ0n) is 9.54. The summed E-state index contributed by atoms with van der Waals surface area (Å²) in [6.07, 6.45) is 0.120. The molecule has 0 saturated carbocycles. The molecule has 0 saturated heterocycles. The van der Waals surface area contributed by atoms with Crippen LogP contribution >= 0.6 is 0 Å². The Kier molecular flexibility index (Phi) is 5.22. The summed E-state index contributed by atoms with van der Waals surface area (Å²) in [4.78, 5) is 21.9. The number of allylic oxidation sites excluding steroid dienone is 2. The molecule has 0 unspecified atom stereocenters. The van der Waals surface area contributed by atoms with Gasteiger partial charge in [0, 0.05) is 12.8 Å². The maximum Gasteiger partial charge on any atom is 0.332 e. The Bertz CT molecular complexity index is 338. The van der Waals surface area contributed by atoms with E-state index in [0.717, 1.165) is 0 Å². The zero-order valence-corrected chi connectivity index (χ0v) is 9.54. The summed E-state index contributed by atoms with van der Waals surface area (Å²) in [5, 5.41) is 17.9. The third-order valence-corrected chi connectivity index (χ3v) is 1.84. The summed E-state index contributed by atoms with van der Waals surface area (Å²) in [6.45, 7) is 10.5. The molecule has 88 valence electrons. The second-order valence-corrected chi connectivity index (χ2v) is 3.84. The Morgan fingerprint density at radius 3 is 1.25 bits per heavy atom. The molecule has 0 rings (SSSR count). The molecule has 0 aliphatic heterocycles. The highest BCUT2D eigenvalue weighted by Crippen LogP contribution is 2.20. The molecule has 0 radical (unpaired) electrons. The van der Waals surface area contributed by atoms with Crippen LogP contribution in [-0.2, 0) is 9.59 Å². The number of aliphatic carboxylic acids is 2. The van der Waals surface area contributed by atoms with E-state index in [4.69, 9.17) is 10.2 Å². The number of hydrogen-bond acceptors (Lipinski definition) is 2. The summed E-state index contributed by atoms with van der Waals surface area (Å²) in [5.74, 6) is -2.44. The summed E-state index contributed by atoms with van der Waals surface area (Å²) in [5.41, 5.74) is 0.974. The minimum atomic E-state index is -1.22. The van der Waals surface area contributed by atoms with Gasteiger partial charge in [-0.1, -0.05) is 24.3 Å². The topological polar surface area (TPSA) is 74.6 Å². The summed E-state index contributed by atoms with van der Waals surface area (Å²) < 4.78 is 0. The summed E-state index contributed by atoms with van der Waals surface area (Å²) in [7, 11) is 0. The smallest absolute Gasteiger partial charge is 0.332 e. The van der Waals surface area contributed by atoms with Gasteiger partial charge in [-0.05, 0) is 13.8 Å². The van der Waals surface area contributed by atoms with Gasteiger partial charge in [0.05, 0.1) is 11.1 Å². The molecule has 0 amide bonds. The van der Waals surface area contributed by atoms with Crippen LogP contribution in [0.5, 0.6) is 0 Å². The van der Waals surface area contributed by atoms with Crippen molar-refractivity contribution < 1.29 is 19.8 Å². The van der Waals surface area contributed by atoms with Crippen LogP contribution in [-0.4, -0.2) is 22.2 Å². The van der Waals surface area contributed by atoms with Crippen molar-refractivity contribution in [2.45, 2.75) is 26.7 Å². The molecule has 0 spiro atoms. The van der Waals surface area contributed by atoms with Gasteiger partial charge >= 0.3 is 11.9 Å². The first-order valence-electron chi connectivity index (χ1n) is 4.73. The van der Waals surface area contributed by atoms with E-state index in [-0.39, 0.29) is 24.0 Å². The number of rotatable bonds is 6. The van der Waals surface area contributed by atoms with Crippen molar-refractivity contribution in [3.8, 4) is 0 Å². The van der Waals surface area contributed by atoms with Crippen molar-refractivity contribution in [2.24, 2.45) is 0 Å². The summed E-state index contributed by atoms with van der Waals surface area (Å²) in [6, 6.07) is 0. The van der Waals surface area contributed by atoms with E-state index < -0.39 is 11.9 Å². The average Bonchev–Trinajstić information content (AvgIpc) is 2.09. The lowest BCUT2D eigenvalue weighted by Gasteiger charge is -2.08. The molecule has 0 atom stereocenters. The first-order chi connectivity index (χ1) is 7.25. The van der Waals surface area contributed by atoms with Crippen LogP contribution in [0.1, 0.15) is 26.7 Å². The first-order valence-corrected chi connectivity index (χ1v) is 4.73. The number of hydrogen-bond donors (Lipinski definition) is 2. The van der Waals surface area contributed by atoms with Gasteiger partial charge in [-0.2, -0.15) is 0 Å². The fourth-order valence-electron chi connectivity index (χ4n) is 1.23. The van der Waals surface area contributed by atoms with Crippen molar-refractivity contribution in [1.29, 1.82) is 0 Å².